The SMILES string of the molecule is CCCCCCCCCCCCCOCCOCCOC(=O)ON(C(C)=O)C(=O)CC. The lowest BCUT2D eigenvalue weighted by Gasteiger charge is -2.16. The van der Waals surface area contributed by atoms with Crippen LogP contribution in [0.15, 0.2) is 0 Å². The summed E-state index contributed by atoms with van der Waals surface area (Å²) in [5.41, 5.74) is 0. The van der Waals surface area contributed by atoms with Gasteiger partial charge in [0.15, 0.2) is 0 Å². The van der Waals surface area contributed by atoms with Crippen LogP contribution in [0, 0.1) is 0 Å². The van der Waals surface area contributed by atoms with Gasteiger partial charge >= 0.3 is 6.16 Å². The van der Waals surface area contributed by atoms with Gasteiger partial charge in [-0.3, -0.25) is 14.4 Å². The Labute approximate surface area is 187 Å². The highest BCUT2D eigenvalue weighted by Crippen LogP contribution is 2.11. The maximum Gasteiger partial charge on any atom is 0.534 e. The summed E-state index contributed by atoms with van der Waals surface area (Å²) in [5, 5.41) is 0.395. The van der Waals surface area contributed by atoms with Crippen LogP contribution in [0.4, 0.5) is 4.79 Å². The van der Waals surface area contributed by atoms with E-state index in [1.54, 1.807) is 6.92 Å². The van der Waals surface area contributed by atoms with E-state index in [2.05, 4.69) is 11.8 Å². The van der Waals surface area contributed by atoms with Crippen LogP contribution in [0.3, 0.4) is 0 Å². The fraction of sp³-hybridized carbons (Fsp3) is 0.870. The molecule has 0 aromatic heterocycles. The zero-order chi connectivity index (χ0) is 23.2. The van der Waals surface area contributed by atoms with E-state index < -0.39 is 18.0 Å². The van der Waals surface area contributed by atoms with Gasteiger partial charge in [0, 0.05) is 20.0 Å². The highest BCUT2D eigenvalue weighted by molar-refractivity contribution is 5.93. The molecular weight excluding hydrogens is 402 g/mol. The summed E-state index contributed by atoms with van der Waals surface area (Å²) in [6, 6.07) is 0. The molecule has 0 N–H and O–H groups in total. The molecule has 0 unspecified atom stereocenters. The van der Waals surface area contributed by atoms with Crippen molar-refractivity contribution >= 4 is 18.0 Å². The summed E-state index contributed by atoms with van der Waals surface area (Å²) in [4.78, 5) is 38.8. The first kappa shape index (κ1) is 29.3. The Morgan fingerprint density at radius 3 is 1.65 bits per heavy atom. The van der Waals surface area contributed by atoms with Gasteiger partial charge < -0.3 is 14.2 Å². The van der Waals surface area contributed by atoms with Crippen LogP contribution in [-0.2, 0) is 28.6 Å². The summed E-state index contributed by atoms with van der Waals surface area (Å²) in [7, 11) is 0. The standard InChI is InChI=1S/C23H43NO7/c1-4-6-7-8-9-10-11-12-13-14-15-16-28-17-18-29-19-20-30-23(27)31-24(21(3)25)22(26)5-2/h4-20H2,1-3H3. The molecule has 8 nitrogen and oxygen atoms in total. The zero-order valence-electron chi connectivity index (χ0n) is 19.8. The molecule has 0 aliphatic carbocycles. The predicted octanol–water partition coefficient (Wildman–Crippen LogP) is 5.18. The van der Waals surface area contributed by atoms with Gasteiger partial charge in [-0.05, 0) is 6.42 Å². The zero-order valence-corrected chi connectivity index (χ0v) is 19.8. The lowest BCUT2D eigenvalue weighted by molar-refractivity contribution is -0.183. The molecule has 0 spiro atoms. The van der Waals surface area contributed by atoms with Crippen LogP contribution < -0.4 is 0 Å². The Morgan fingerprint density at radius 1 is 0.645 bits per heavy atom. The number of carbonyl (C=O) groups excluding carboxylic acids is 3. The van der Waals surface area contributed by atoms with E-state index in [-0.39, 0.29) is 19.6 Å². The summed E-state index contributed by atoms with van der Waals surface area (Å²) in [6.45, 7) is 6.70. The average Bonchev–Trinajstić information content (AvgIpc) is 2.75. The Kier molecular flexibility index (Phi) is 20.4. The molecule has 0 saturated carbocycles. The molecule has 0 bridgehead atoms. The highest BCUT2D eigenvalue weighted by Gasteiger charge is 2.22. The molecule has 2 amide bonds. The maximum absolute atomic E-state index is 11.5. The van der Waals surface area contributed by atoms with Gasteiger partial charge in [-0.1, -0.05) is 83.1 Å². The number of amides is 2. The van der Waals surface area contributed by atoms with E-state index in [9.17, 15) is 14.4 Å². The van der Waals surface area contributed by atoms with Crippen molar-refractivity contribution in [2.45, 2.75) is 97.8 Å². The largest absolute Gasteiger partial charge is 0.534 e. The van der Waals surface area contributed by atoms with Crippen molar-refractivity contribution in [1.82, 2.24) is 5.06 Å². The molecule has 0 aromatic carbocycles. The van der Waals surface area contributed by atoms with Crippen molar-refractivity contribution in [3.05, 3.63) is 0 Å². The highest BCUT2D eigenvalue weighted by atomic mass is 16.8. The Morgan fingerprint density at radius 2 is 1.13 bits per heavy atom. The van der Waals surface area contributed by atoms with E-state index in [1.165, 1.54) is 64.2 Å². The number of unbranched alkanes of at least 4 members (excludes halogenated alkanes) is 10. The van der Waals surface area contributed by atoms with Crippen LogP contribution >= 0.6 is 0 Å². The van der Waals surface area contributed by atoms with Crippen molar-refractivity contribution in [2.75, 3.05) is 33.0 Å². The fourth-order valence-corrected chi connectivity index (χ4v) is 2.91. The lowest BCUT2D eigenvalue weighted by atomic mass is 10.1. The maximum atomic E-state index is 11.5. The van der Waals surface area contributed by atoms with E-state index >= 15 is 0 Å². The van der Waals surface area contributed by atoms with Crippen molar-refractivity contribution in [2.24, 2.45) is 0 Å². The molecule has 31 heavy (non-hydrogen) atoms. The summed E-state index contributed by atoms with van der Waals surface area (Å²) in [5.74, 6) is -1.30. The first-order chi connectivity index (χ1) is 15.0. The van der Waals surface area contributed by atoms with Crippen molar-refractivity contribution in [3.63, 3.8) is 0 Å². The Hall–Kier alpha value is -1.67. The number of hydrogen-bond acceptors (Lipinski definition) is 7. The molecule has 0 fully saturated rings. The molecule has 8 heteroatoms. The molecule has 0 rings (SSSR count). The average molecular weight is 446 g/mol. The van der Waals surface area contributed by atoms with Crippen molar-refractivity contribution in [1.29, 1.82) is 0 Å². The van der Waals surface area contributed by atoms with E-state index in [0.29, 0.717) is 18.3 Å². The molecule has 0 aliphatic heterocycles. The number of rotatable bonds is 19. The molecular formula is C23H43NO7. The minimum Gasteiger partial charge on any atom is -0.430 e. The van der Waals surface area contributed by atoms with Crippen molar-refractivity contribution in [3.8, 4) is 0 Å². The second-order valence-corrected chi connectivity index (χ2v) is 7.51. The minimum atomic E-state index is -1.12. The van der Waals surface area contributed by atoms with Gasteiger partial charge in [0.25, 0.3) is 11.8 Å². The lowest BCUT2D eigenvalue weighted by Crippen LogP contribution is -2.37. The number of carbonyl (C=O) groups is 3. The number of hydroxylamine groups is 2. The van der Waals surface area contributed by atoms with Gasteiger partial charge in [-0.25, -0.2) is 4.79 Å². The third-order valence-corrected chi connectivity index (χ3v) is 4.69. The summed E-state index contributed by atoms with van der Waals surface area (Å²) >= 11 is 0. The van der Waals surface area contributed by atoms with Gasteiger partial charge in [-0.15, -0.1) is 0 Å². The van der Waals surface area contributed by atoms with Crippen LogP contribution in [0.25, 0.3) is 0 Å². The molecule has 0 heterocycles. The smallest absolute Gasteiger partial charge is 0.430 e. The first-order valence-electron chi connectivity index (χ1n) is 11.9. The summed E-state index contributed by atoms with van der Waals surface area (Å²) < 4.78 is 15.6. The third-order valence-electron chi connectivity index (χ3n) is 4.69. The molecule has 0 atom stereocenters. The number of hydrogen-bond donors (Lipinski definition) is 0. The fourth-order valence-electron chi connectivity index (χ4n) is 2.91. The van der Waals surface area contributed by atoms with Crippen LogP contribution in [0.2, 0.25) is 0 Å². The predicted molar refractivity (Wildman–Crippen MR) is 118 cm³/mol. The minimum absolute atomic E-state index is 0.0369. The van der Waals surface area contributed by atoms with E-state index in [4.69, 9.17) is 14.2 Å². The summed E-state index contributed by atoms with van der Waals surface area (Å²) in [6.07, 6.45) is 13.3. The van der Waals surface area contributed by atoms with Gasteiger partial charge in [0.05, 0.1) is 19.8 Å². The van der Waals surface area contributed by atoms with Gasteiger partial charge in [0.2, 0.25) is 0 Å². The van der Waals surface area contributed by atoms with E-state index in [0.717, 1.165) is 20.0 Å². The first-order valence-corrected chi connectivity index (χ1v) is 11.9. The van der Waals surface area contributed by atoms with Crippen molar-refractivity contribution < 1.29 is 33.4 Å². The quantitative estimate of drug-likeness (QED) is 0.154. The number of ether oxygens (including phenoxy) is 3. The van der Waals surface area contributed by atoms with E-state index in [1.807, 2.05) is 0 Å². The molecule has 0 aromatic rings. The number of nitrogens with zero attached hydrogens (tertiary/aromatic N) is 1. The normalized spacial score (nSPS) is 10.7. The van der Waals surface area contributed by atoms with Gasteiger partial charge in [0.1, 0.15) is 6.61 Å². The Bertz CT molecular complexity index is 471. The molecule has 182 valence electrons. The van der Waals surface area contributed by atoms with Gasteiger partial charge in [-0.2, -0.15) is 0 Å². The Balaban J connectivity index is 3.37. The number of imide groups is 1. The molecule has 0 aliphatic rings. The van der Waals surface area contributed by atoms with Crippen LogP contribution in [0.5, 0.6) is 0 Å². The van der Waals surface area contributed by atoms with Crippen LogP contribution in [-0.4, -0.2) is 56.1 Å². The van der Waals surface area contributed by atoms with Crippen LogP contribution in [0.1, 0.15) is 97.8 Å². The molecule has 0 saturated heterocycles. The third kappa shape index (κ3) is 18.8. The topological polar surface area (TPSA) is 91.4 Å². The monoisotopic (exact) mass is 445 g/mol. The second-order valence-electron chi connectivity index (χ2n) is 7.51. The molecule has 0 radical (unpaired) electrons. The second kappa shape index (κ2) is 21.6.